The Hall–Kier alpha value is -2.54. The van der Waals surface area contributed by atoms with Crippen molar-refractivity contribution in [1.29, 1.82) is 0 Å². The summed E-state index contributed by atoms with van der Waals surface area (Å²) in [6, 6.07) is 13.7. The van der Waals surface area contributed by atoms with Crippen molar-refractivity contribution in [3.63, 3.8) is 0 Å². The van der Waals surface area contributed by atoms with Gasteiger partial charge in [-0.25, -0.2) is 17.9 Å². The van der Waals surface area contributed by atoms with Gasteiger partial charge in [0, 0.05) is 25.3 Å². The molecule has 0 unspecified atom stereocenters. The van der Waals surface area contributed by atoms with Crippen LogP contribution in [0.5, 0.6) is 0 Å². The molecule has 140 valence electrons. The van der Waals surface area contributed by atoms with Crippen LogP contribution in [0.2, 0.25) is 0 Å². The number of sulfonamides is 1. The van der Waals surface area contributed by atoms with Gasteiger partial charge in [0.1, 0.15) is 0 Å². The summed E-state index contributed by atoms with van der Waals surface area (Å²) in [5.41, 5.74) is 3.18. The van der Waals surface area contributed by atoms with Gasteiger partial charge in [0.15, 0.2) is 0 Å². The topological polar surface area (TPSA) is 78.5 Å². The number of hydrogen-bond acceptors (Lipinski definition) is 4. The van der Waals surface area contributed by atoms with Gasteiger partial charge in [0.05, 0.1) is 4.90 Å². The van der Waals surface area contributed by atoms with E-state index in [1.54, 1.807) is 12.1 Å². The third-order valence-electron chi connectivity index (χ3n) is 3.97. The number of anilines is 1. The Morgan fingerprint density at radius 3 is 2.35 bits per heavy atom. The van der Waals surface area contributed by atoms with Crippen molar-refractivity contribution < 1.29 is 13.2 Å². The SMILES string of the molecule is CCN(CCNC(=O)NS(=O)(=O)c1ccc(C)cc1)c1cccc(C)c1. The van der Waals surface area contributed by atoms with Crippen molar-refractivity contribution in [2.75, 3.05) is 24.5 Å². The summed E-state index contributed by atoms with van der Waals surface area (Å²) in [4.78, 5) is 14.1. The Kier molecular flexibility index (Phi) is 6.63. The summed E-state index contributed by atoms with van der Waals surface area (Å²) in [7, 11) is -3.87. The van der Waals surface area contributed by atoms with E-state index in [0.717, 1.165) is 23.4 Å². The van der Waals surface area contributed by atoms with Gasteiger partial charge in [-0.15, -0.1) is 0 Å². The Balaban J connectivity index is 1.89. The van der Waals surface area contributed by atoms with Crippen LogP contribution in [0.25, 0.3) is 0 Å². The van der Waals surface area contributed by atoms with E-state index in [9.17, 15) is 13.2 Å². The van der Waals surface area contributed by atoms with Gasteiger partial charge in [0.2, 0.25) is 0 Å². The van der Waals surface area contributed by atoms with Crippen LogP contribution in [0.15, 0.2) is 53.4 Å². The summed E-state index contributed by atoms with van der Waals surface area (Å²) in [6.45, 7) is 7.62. The van der Waals surface area contributed by atoms with Gasteiger partial charge < -0.3 is 10.2 Å². The fourth-order valence-corrected chi connectivity index (χ4v) is 3.46. The Labute approximate surface area is 155 Å². The lowest BCUT2D eigenvalue weighted by Crippen LogP contribution is -2.42. The molecule has 0 atom stereocenters. The van der Waals surface area contributed by atoms with Crippen LogP contribution >= 0.6 is 0 Å². The van der Waals surface area contributed by atoms with Crippen LogP contribution in [-0.2, 0) is 10.0 Å². The fraction of sp³-hybridized carbons (Fsp3) is 0.316. The van der Waals surface area contributed by atoms with E-state index in [1.165, 1.54) is 12.1 Å². The Morgan fingerprint density at radius 1 is 1.04 bits per heavy atom. The minimum Gasteiger partial charge on any atom is -0.370 e. The summed E-state index contributed by atoms with van der Waals surface area (Å²) in [5, 5.41) is 2.60. The molecule has 0 saturated carbocycles. The first-order valence-corrected chi connectivity index (χ1v) is 9.99. The van der Waals surface area contributed by atoms with Crippen LogP contribution in [0.1, 0.15) is 18.1 Å². The number of amides is 2. The minimum atomic E-state index is -3.87. The minimum absolute atomic E-state index is 0.0631. The van der Waals surface area contributed by atoms with Crippen molar-refractivity contribution >= 4 is 21.7 Å². The van der Waals surface area contributed by atoms with Crippen molar-refractivity contribution in [1.82, 2.24) is 10.0 Å². The first-order chi connectivity index (χ1) is 12.3. The number of hydrogen-bond donors (Lipinski definition) is 2. The summed E-state index contributed by atoms with van der Waals surface area (Å²) < 4.78 is 26.4. The number of urea groups is 1. The molecule has 6 nitrogen and oxygen atoms in total. The van der Waals surface area contributed by atoms with Crippen molar-refractivity contribution in [3.05, 3.63) is 59.7 Å². The maximum Gasteiger partial charge on any atom is 0.328 e. The first-order valence-electron chi connectivity index (χ1n) is 8.51. The molecule has 2 N–H and O–H groups in total. The number of rotatable bonds is 7. The zero-order chi connectivity index (χ0) is 19.2. The first kappa shape index (κ1) is 19.8. The molecule has 7 heteroatoms. The highest BCUT2D eigenvalue weighted by atomic mass is 32.2. The van der Waals surface area contributed by atoms with E-state index in [4.69, 9.17) is 0 Å². The largest absolute Gasteiger partial charge is 0.370 e. The molecule has 2 amide bonds. The molecular formula is C19H25N3O3S. The maximum absolute atomic E-state index is 12.2. The molecule has 0 aliphatic rings. The maximum atomic E-state index is 12.2. The molecular weight excluding hydrogens is 350 g/mol. The van der Waals surface area contributed by atoms with E-state index >= 15 is 0 Å². The number of carbonyl (C=O) groups excluding carboxylic acids is 1. The molecule has 0 radical (unpaired) electrons. The standard InChI is InChI=1S/C19H25N3O3S/c1-4-22(17-7-5-6-16(3)14-17)13-12-20-19(23)21-26(24,25)18-10-8-15(2)9-11-18/h5-11,14H,4,12-13H2,1-3H3,(H2,20,21,23). The molecule has 0 aliphatic heterocycles. The molecule has 0 bridgehead atoms. The molecule has 0 fully saturated rings. The molecule has 0 spiro atoms. The Bertz CT molecular complexity index is 849. The molecule has 0 saturated heterocycles. The molecule has 2 aromatic rings. The molecule has 0 heterocycles. The number of nitrogens with one attached hydrogen (secondary N) is 2. The normalized spacial score (nSPS) is 11.0. The summed E-state index contributed by atoms with van der Waals surface area (Å²) in [6.07, 6.45) is 0. The lowest BCUT2D eigenvalue weighted by molar-refractivity contribution is 0.246. The van der Waals surface area contributed by atoms with Gasteiger partial charge in [-0.2, -0.15) is 0 Å². The Morgan fingerprint density at radius 2 is 1.73 bits per heavy atom. The third-order valence-corrected chi connectivity index (χ3v) is 5.32. The highest BCUT2D eigenvalue weighted by Gasteiger charge is 2.17. The van der Waals surface area contributed by atoms with Crippen LogP contribution in [-0.4, -0.2) is 34.1 Å². The zero-order valence-electron chi connectivity index (χ0n) is 15.3. The van der Waals surface area contributed by atoms with Crippen LogP contribution in [0, 0.1) is 13.8 Å². The number of carbonyl (C=O) groups is 1. The van der Waals surface area contributed by atoms with Crippen molar-refractivity contribution in [2.24, 2.45) is 0 Å². The summed E-state index contributed by atoms with van der Waals surface area (Å²) in [5.74, 6) is 0. The van der Waals surface area contributed by atoms with Crippen LogP contribution < -0.4 is 14.9 Å². The zero-order valence-corrected chi connectivity index (χ0v) is 16.1. The fourth-order valence-electron chi connectivity index (χ4n) is 2.53. The molecule has 2 aromatic carbocycles. The average molecular weight is 375 g/mol. The third kappa shape index (κ3) is 5.49. The molecule has 2 rings (SSSR count). The van der Waals surface area contributed by atoms with E-state index in [0.29, 0.717) is 13.1 Å². The molecule has 26 heavy (non-hydrogen) atoms. The average Bonchev–Trinajstić information content (AvgIpc) is 2.58. The lowest BCUT2D eigenvalue weighted by Gasteiger charge is -2.23. The van der Waals surface area contributed by atoms with Crippen molar-refractivity contribution in [3.8, 4) is 0 Å². The smallest absolute Gasteiger partial charge is 0.328 e. The second-order valence-electron chi connectivity index (χ2n) is 6.09. The second kappa shape index (κ2) is 8.71. The highest BCUT2D eigenvalue weighted by molar-refractivity contribution is 7.90. The molecule has 0 aromatic heterocycles. The number of benzene rings is 2. The van der Waals surface area contributed by atoms with Crippen molar-refractivity contribution in [2.45, 2.75) is 25.7 Å². The van der Waals surface area contributed by atoms with E-state index in [-0.39, 0.29) is 4.90 Å². The lowest BCUT2D eigenvalue weighted by atomic mass is 10.2. The van der Waals surface area contributed by atoms with Gasteiger partial charge in [-0.1, -0.05) is 29.8 Å². The van der Waals surface area contributed by atoms with Gasteiger partial charge in [0.25, 0.3) is 10.0 Å². The summed E-state index contributed by atoms with van der Waals surface area (Å²) >= 11 is 0. The van der Waals surface area contributed by atoms with Gasteiger partial charge in [-0.3, -0.25) is 0 Å². The van der Waals surface area contributed by atoms with E-state index < -0.39 is 16.1 Å². The monoisotopic (exact) mass is 375 g/mol. The van der Waals surface area contributed by atoms with Crippen LogP contribution in [0.4, 0.5) is 10.5 Å². The van der Waals surface area contributed by atoms with Crippen LogP contribution in [0.3, 0.4) is 0 Å². The predicted octanol–water partition coefficient (Wildman–Crippen LogP) is 2.82. The van der Waals surface area contributed by atoms with Gasteiger partial charge >= 0.3 is 6.03 Å². The highest BCUT2D eigenvalue weighted by Crippen LogP contribution is 2.15. The van der Waals surface area contributed by atoms with E-state index in [2.05, 4.69) is 16.3 Å². The number of aryl methyl sites for hydroxylation is 2. The number of nitrogens with zero attached hydrogens (tertiary/aromatic N) is 1. The number of likely N-dealkylation sites (N-methyl/N-ethyl adjacent to an activating group) is 1. The predicted molar refractivity (Wildman–Crippen MR) is 104 cm³/mol. The van der Waals surface area contributed by atoms with Gasteiger partial charge in [-0.05, 0) is 50.6 Å². The van der Waals surface area contributed by atoms with E-state index in [1.807, 2.05) is 43.7 Å². The molecule has 0 aliphatic carbocycles. The quantitative estimate of drug-likeness (QED) is 0.780. The second-order valence-corrected chi connectivity index (χ2v) is 7.78.